The number of aryl methyl sites for hydroxylation is 1. The number of carboxylic acid groups (broad SMARTS) is 1. The third-order valence-corrected chi connectivity index (χ3v) is 4.04. The van der Waals surface area contributed by atoms with Gasteiger partial charge in [0.1, 0.15) is 15.7 Å². The van der Waals surface area contributed by atoms with E-state index in [0.29, 0.717) is 16.3 Å². The van der Waals surface area contributed by atoms with E-state index in [9.17, 15) is 14.3 Å². The van der Waals surface area contributed by atoms with Crippen LogP contribution in [0.5, 0.6) is 0 Å². The van der Waals surface area contributed by atoms with E-state index in [1.54, 1.807) is 6.07 Å². The van der Waals surface area contributed by atoms with Crippen LogP contribution in [-0.2, 0) is 5.41 Å². The maximum atomic E-state index is 13.4. The van der Waals surface area contributed by atoms with Crippen molar-refractivity contribution in [2.75, 3.05) is 0 Å². The van der Waals surface area contributed by atoms with Crippen molar-refractivity contribution in [2.24, 2.45) is 0 Å². The van der Waals surface area contributed by atoms with Gasteiger partial charge < -0.3 is 5.11 Å². The van der Waals surface area contributed by atoms with Crippen molar-refractivity contribution in [2.45, 2.75) is 33.1 Å². The quantitative estimate of drug-likeness (QED) is 0.900. The Hall–Kier alpha value is -1.75. The number of benzene rings is 1. The van der Waals surface area contributed by atoms with Gasteiger partial charge in [-0.15, -0.1) is 11.3 Å². The normalized spacial score (nSPS) is 11.7. The van der Waals surface area contributed by atoms with E-state index in [-0.39, 0.29) is 16.1 Å². The molecular formula is C15H16FNO2S. The SMILES string of the molecule is Cc1ccc(F)cc1-c1nc(C(C)(C)C)c(C(=O)O)s1. The minimum atomic E-state index is -0.993. The summed E-state index contributed by atoms with van der Waals surface area (Å²) in [4.78, 5) is 16.0. The maximum absolute atomic E-state index is 13.4. The third-order valence-electron chi connectivity index (χ3n) is 2.96. The highest BCUT2D eigenvalue weighted by Crippen LogP contribution is 2.35. The third kappa shape index (κ3) is 2.72. The molecule has 0 unspecified atom stereocenters. The Labute approximate surface area is 121 Å². The summed E-state index contributed by atoms with van der Waals surface area (Å²) in [5.41, 5.74) is 1.68. The highest BCUT2D eigenvalue weighted by molar-refractivity contribution is 7.17. The van der Waals surface area contributed by atoms with Crippen LogP contribution in [0.25, 0.3) is 10.6 Å². The predicted octanol–water partition coefficient (Wildman–Crippen LogP) is 4.25. The molecule has 1 heterocycles. The number of nitrogens with zero attached hydrogens (tertiary/aromatic N) is 1. The molecule has 0 bridgehead atoms. The summed E-state index contributed by atoms with van der Waals surface area (Å²) in [5, 5.41) is 9.86. The number of aromatic carboxylic acids is 1. The molecule has 0 aliphatic carbocycles. The molecule has 0 atom stereocenters. The Balaban J connectivity index is 2.65. The molecule has 2 aromatic rings. The first-order chi connectivity index (χ1) is 9.20. The lowest BCUT2D eigenvalue weighted by atomic mass is 9.91. The van der Waals surface area contributed by atoms with Gasteiger partial charge in [-0.2, -0.15) is 0 Å². The summed E-state index contributed by atoms with van der Waals surface area (Å²) >= 11 is 1.09. The van der Waals surface area contributed by atoms with Crippen molar-refractivity contribution in [1.29, 1.82) is 0 Å². The van der Waals surface area contributed by atoms with E-state index in [4.69, 9.17) is 0 Å². The summed E-state index contributed by atoms with van der Waals surface area (Å²) in [6.45, 7) is 7.59. The first kappa shape index (κ1) is 14.7. The summed E-state index contributed by atoms with van der Waals surface area (Å²) < 4.78 is 13.4. The Bertz CT molecular complexity index is 671. The van der Waals surface area contributed by atoms with Crippen LogP contribution in [0.2, 0.25) is 0 Å². The lowest BCUT2D eigenvalue weighted by molar-refractivity contribution is 0.0699. The molecule has 1 N–H and O–H groups in total. The molecule has 106 valence electrons. The van der Waals surface area contributed by atoms with Gasteiger partial charge in [-0.3, -0.25) is 0 Å². The monoisotopic (exact) mass is 293 g/mol. The van der Waals surface area contributed by atoms with Gasteiger partial charge in [0, 0.05) is 11.0 Å². The molecule has 0 fully saturated rings. The minimum absolute atomic E-state index is 0.219. The number of rotatable bonds is 2. The van der Waals surface area contributed by atoms with Crippen molar-refractivity contribution < 1.29 is 14.3 Å². The van der Waals surface area contributed by atoms with E-state index >= 15 is 0 Å². The minimum Gasteiger partial charge on any atom is -0.477 e. The van der Waals surface area contributed by atoms with Crippen LogP contribution >= 0.6 is 11.3 Å². The fourth-order valence-corrected chi connectivity index (χ4v) is 3.11. The fourth-order valence-electron chi connectivity index (χ4n) is 1.91. The number of hydrogen-bond donors (Lipinski definition) is 1. The van der Waals surface area contributed by atoms with E-state index in [1.165, 1.54) is 12.1 Å². The van der Waals surface area contributed by atoms with Crippen LogP contribution in [0.4, 0.5) is 4.39 Å². The molecule has 3 nitrogen and oxygen atoms in total. The zero-order valence-corrected chi connectivity index (χ0v) is 12.6. The first-order valence-corrected chi connectivity index (χ1v) is 7.03. The second kappa shape index (κ2) is 4.98. The topological polar surface area (TPSA) is 50.2 Å². The molecule has 0 spiro atoms. The molecule has 5 heteroatoms. The summed E-state index contributed by atoms with van der Waals surface area (Å²) in [7, 11) is 0. The molecule has 0 radical (unpaired) electrons. The molecular weight excluding hydrogens is 277 g/mol. The zero-order chi connectivity index (χ0) is 15.1. The Kier molecular flexibility index (Phi) is 3.65. The van der Waals surface area contributed by atoms with E-state index in [2.05, 4.69) is 4.98 Å². The summed E-state index contributed by atoms with van der Waals surface area (Å²) in [5.74, 6) is -1.34. The highest BCUT2D eigenvalue weighted by atomic mass is 32.1. The molecule has 0 saturated carbocycles. The molecule has 0 aliphatic rings. The Morgan fingerprint density at radius 3 is 2.50 bits per heavy atom. The van der Waals surface area contributed by atoms with Crippen LogP contribution in [0.15, 0.2) is 18.2 Å². The van der Waals surface area contributed by atoms with E-state index < -0.39 is 5.97 Å². The molecule has 2 rings (SSSR count). The molecule has 0 saturated heterocycles. The summed E-state index contributed by atoms with van der Waals surface area (Å²) in [6.07, 6.45) is 0. The van der Waals surface area contributed by atoms with Crippen molar-refractivity contribution in [3.05, 3.63) is 40.2 Å². The van der Waals surface area contributed by atoms with Crippen LogP contribution in [0.1, 0.15) is 41.7 Å². The van der Waals surface area contributed by atoms with Crippen LogP contribution in [-0.4, -0.2) is 16.1 Å². The zero-order valence-electron chi connectivity index (χ0n) is 11.8. The second-order valence-corrected chi connectivity index (χ2v) is 6.71. The van der Waals surface area contributed by atoms with Crippen molar-refractivity contribution in [3.63, 3.8) is 0 Å². The molecule has 1 aromatic carbocycles. The second-order valence-electron chi connectivity index (χ2n) is 5.71. The molecule has 20 heavy (non-hydrogen) atoms. The Morgan fingerprint density at radius 1 is 1.35 bits per heavy atom. The van der Waals surface area contributed by atoms with Crippen LogP contribution < -0.4 is 0 Å². The average molecular weight is 293 g/mol. The van der Waals surface area contributed by atoms with Gasteiger partial charge >= 0.3 is 5.97 Å². The van der Waals surface area contributed by atoms with Crippen molar-refractivity contribution in [3.8, 4) is 10.6 Å². The molecule has 0 amide bonds. The number of halogens is 1. The Morgan fingerprint density at radius 2 is 2.00 bits per heavy atom. The van der Waals surface area contributed by atoms with E-state index in [1.807, 2.05) is 27.7 Å². The van der Waals surface area contributed by atoms with Crippen molar-refractivity contribution >= 4 is 17.3 Å². The number of carboxylic acids is 1. The molecule has 1 aromatic heterocycles. The first-order valence-electron chi connectivity index (χ1n) is 6.21. The highest BCUT2D eigenvalue weighted by Gasteiger charge is 2.27. The van der Waals surface area contributed by atoms with Gasteiger partial charge in [-0.1, -0.05) is 26.8 Å². The van der Waals surface area contributed by atoms with Gasteiger partial charge in [0.15, 0.2) is 0 Å². The van der Waals surface area contributed by atoms with Gasteiger partial charge in [0.25, 0.3) is 0 Å². The smallest absolute Gasteiger partial charge is 0.347 e. The standard InChI is InChI=1S/C15H16FNO2S/c1-8-5-6-9(16)7-10(8)13-17-12(15(2,3)4)11(20-13)14(18)19/h5-7H,1-4H3,(H,18,19). The lowest BCUT2D eigenvalue weighted by Gasteiger charge is -2.16. The molecule has 0 aliphatic heterocycles. The number of carbonyl (C=O) groups is 1. The number of aromatic nitrogens is 1. The van der Waals surface area contributed by atoms with Gasteiger partial charge in [0.2, 0.25) is 0 Å². The number of thiazole rings is 1. The van der Waals surface area contributed by atoms with Gasteiger partial charge in [-0.05, 0) is 24.6 Å². The average Bonchev–Trinajstić information content (AvgIpc) is 2.77. The lowest BCUT2D eigenvalue weighted by Crippen LogP contribution is -2.16. The van der Waals surface area contributed by atoms with E-state index in [0.717, 1.165) is 16.9 Å². The number of hydrogen-bond acceptors (Lipinski definition) is 3. The maximum Gasteiger partial charge on any atom is 0.347 e. The van der Waals surface area contributed by atoms with Crippen LogP contribution in [0, 0.1) is 12.7 Å². The fraction of sp³-hybridized carbons (Fsp3) is 0.333. The van der Waals surface area contributed by atoms with Crippen LogP contribution in [0.3, 0.4) is 0 Å². The van der Waals surface area contributed by atoms with Gasteiger partial charge in [-0.25, -0.2) is 14.2 Å². The van der Waals surface area contributed by atoms with Crippen molar-refractivity contribution in [1.82, 2.24) is 4.98 Å². The predicted molar refractivity (Wildman–Crippen MR) is 77.9 cm³/mol. The largest absolute Gasteiger partial charge is 0.477 e. The van der Waals surface area contributed by atoms with Gasteiger partial charge in [0.05, 0.1) is 5.69 Å². The summed E-state index contributed by atoms with van der Waals surface area (Å²) in [6, 6.07) is 4.45.